The van der Waals surface area contributed by atoms with Crippen molar-refractivity contribution in [2.75, 3.05) is 14.1 Å². The highest BCUT2D eigenvalue weighted by Gasteiger charge is 2.40. The first-order chi connectivity index (χ1) is 7.54. The van der Waals surface area contributed by atoms with E-state index >= 15 is 0 Å². The molecular formula is C14H30NO+. The van der Waals surface area contributed by atoms with E-state index in [0.29, 0.717) is 12.1 Å². The zero-order valence-electron chi connectivity index (χ0n) is 11.6. The smallest absolute Gasteiger partial charge is 0.115 e. The van der Waals surface area contributed by atoms with E-state index in [1.807, 2.05) is 0 Å². The van der Waals surface area contributed by atoms with Crippen molar-refractivity contribution in [3.8, 4) is 0 Å². The van der Waals surface area contributed by atoms with Crippen molar-refractivity contribution >= 4 is 0 Å². The zero-order chi connectivity index (χ0) is 12.2. The third kappa shape index (κ3) is 2.98. The topological polar surface area (TPSA) is 20.2 Å². The van der Waals surface area contributed by atoms with Gasteiger partial charge < -0.3 is 9.59 Å². The molecule has 0 aromatic heterocycles. The van der Waals surface area contributed by atoms with Crippen LogP contribution in [0.15, 0.2) is 0 Å². The van der Waals surface area contributed by atoms with Crippen LogP contribution in [0.25, 0.3) is 0 Å². The lowest BCUT2D eigenvalue weighted by Gasteiger charge is -2.47. The second kappa shape index (κ2) is 6.02. The minimum atomic E-state index is -0.0744. The number of rotatable bonds is 5. The fraction of sp³-hybridized carbons (Fsp3) is 1.00. The molecule has 1 aliphatic rings. The Morgan fingerprint density at radius 2 is 1.81 bits per heavy atom. The van der Waals surface area contributed by atoms with E-state index in [0.717, 1.165) is 10.9 Å². The zero-order valence-corrected chi connectivity index (χ0v) is 11.6. The van der Waals surface area contributed by atoms with Crippen LogP contribution in [0.3, 0.4) is 0 Å². The van der Waals surface area contributed by atoms with Gasteiger partial charge in [-0.25, -0.2) is 0 Å². The summed E-state index contributed by atoms with van der Waals surface area (Å²) in [6.45, 7) is 4.55. The molecule has 0 aromatic carbocycles. The van der Waals surface area contributed by atoms with Crippen molar-refractivity contribution in [1.82, 2.24) is 0 Å². The van der Waals surface area contributed by atoms with E-state index < -0.39 is 0 Å². The molecule has 3 unspecified atom stereocenters. The molecule has 96 valence electrons. The van der Waals surface area contributed by atoms with E-state index in [1.54, 1.807) is 0 Å². The molecule has 0 spiro atoms. The van der Waals surface area contributed by atoms with Gasteiger partial charge in [-0.05, 0) is 25.7 Å². The first kappa shape index (κ1) is 14.0. The molecule has 2 heteroatoms. The minimum Gasteiger partial charge on any atom is -0.387 e. The Kier molecular flexibility index (Phi) is 5.26. The van der Waals surface area contributed by atoms with E-state index in [-0.39, 0.29) is 6.10 Å². The number of aliphatic hydroxyl groups is 1. The van der Waals surface area contributed by atoms with Crippen LogP contribution < -0.4 is 0 Å². The van der Waals surface area contributed by atoms with Crippen LogP contribution in [0.4, 0.5) is 0 Å². The van der Waals surface area contributed by atoms with E-state index in [4.69, 9.17) is 0 Å². The summed E-state index contributed by atoms with van der Waals surface area (Å²) < 4.78 is 1.02. The van der Waals surface area contributed by atoms with Crippen LogP contribution in [0, 0.1) is 0 Å². The summed E-state index contributed by atoms with van der Waals surface area (Å²) >= 11 is 0. The first-order valence-corrected chi connectivity index (χ1v) is 7.05. The molecule has 0 bridgehead atoms. The van der Waals surface area contributed by atoms with Gasteiger partial charge in [0.05, 0.1) is 20.1 Å². The van der Waals surface area contributed by atoms with Gasteiger partial charge in [-0.3, -0.25) is 0 Å². The van der Waals surface area contributed by atoms with E-state index in [1.165, 1.54) is 38.5 Å². The number of nitrogens with zero attached hydrogens (tertiary/aromatic N) is 1. The summed E-state index contributed by atoms with van der Waals surface area (Å²) in [6.07, 6.45) is 8.41. The third-order valence-electron chi connectivity index (χ3n) is 4.58. The standard InChI is InChI=1S/C14H30NO/c1-5-9-12(6-2)15(3,4)13-10-7-8-11-14(13)16/h12-14,16H,5-11H2,1-4H3/q+1. The molecule has 16 heavy (non-hydrogen) atoms. The largest absolute Gasteiger partial charge is 0.387 e. The van der Waals surface area contributed by atoms with Crippen LogP contribution in [0.1, 0.15) is 58.8 Å². The highest BCUT2D eigenvalue weighted by molar-refractivity contribution is 4.77. The van der Waals surface area contributed by atoms with Crippen LogP contribution in [-0.2, 0) is 0 Å². The molecule has 3 atom stereocenters. The quantitative estimate of drug-likeness (QED) is 0.717. The maximum atomic E-state index is 10.2. The number of aliphatic hydroxyl groups excluding tert-OH is 1. The molecular weight excluding hydrogens is 198 g/mol. The molecule has 0 saturated heterocycles. The van der Waals surface area contributed by atoms with Gasteiger partial charge in [0.25, 0.3) is 0 Å². The van der Waals surface area contributed by atoms with Crippen LogP contribution >= 0.6 is 0 Å². The Balaban J connectivity index is 2.71. The average Bonchev–Trinajstić information content (AvgIpc) is 2.26. The number of hydrogen-bond acceptors (Lipinski definition) is 1. The molecule has 0 heterocycles. The van der Waals surface area contributed by atoms with Gasteiger partial charge in [-0.2, -0.15) is 0 Å². The van der Waals surface area contributed by atoms with Gasteiger partial charge in [0.1, 0.15) is 12.1 Å². The van der Waals surface area contributed by atoms with Crippen molar-refractivity contribution in [2.24, 2.45) is 0 Å². The third-order valence-corrected chi connectivity index (χ3v) is 4.58. The maximum absolute atomic E-state index is 10.2. The molecule has 1 N–H and O–H groups in total. The molecule has 2 nitrogen and oxygen atoms in total. The van der Waals surface area contributed by atoms with Crippen LogP contribution in [-0.4, -0.2) is 41.9 Å². The van der Waals surface area contributed by atoms with Gasteiger partial charge in [0, 0.05) is 6.42 Å². The monoisotopic (exact) mass is 228 g/mol. The van der Waals surface area contributed by atoms with Gasteiger partial charge in [0.15, 0.2) is 0 Å². The highest BCUT2D eigenvalue weighted by atomic mass is 16.3. The number of hydrogen-bond donors (Lipinski definition) is 1. The lowest BCUT2D eigenvalue weighted by Crippen LogP contribution is -2.60. The summed E-state index contributed by atoms with van der Waals surface area (Å²) in [5, 5.41) is 10.2. The van der Waals surface area contributed by atoms with E-state index in [2.05, 4.69) is 27.9 Å². The van der Waals surface area contributed by atoms with Crippen molar-refractivity contribution in [1.29, 1.82) is 0 Å². The van der Waals surface area contributed by atoms with Crippen molar-refractivity contribution in [3.05, 3.63) is 0 Å². The molecule has 0 radical (unpaired) electrons. The van der Waals surface area contributed by atoms with Gasteiger partial charge in [0.2, 0.25) is 0 Å². The summed E-state index contributed by atoms with van der Waals surface area (Å²) in [7, 11) is 4.64. The normalized spacial score (nSPS) is 29.1. The van der Waals surface area contributed by atoms with Crippen molar-refractivity contribution < 1.29 is 9.59 Å². The Labute approximate surface area is 101 Å². The lowest BCUT2D eigenvalue weighted by molar-refractivity contribution is -0.943. The highest BCUT2D eigenvalue weighted by Crippen LogP contribution is 2.30. The van der Waals surface area contributed by atoms with E-state index in [9.17, 15) is 5.11 Å². The summed E-state index contributed by atoms with van der Waals surface area (Å²) in [4.78, 5) is 0. The fourth-order valence-corrected chi connectivity index (χ4v) is 3.48. The maximum Gasteiger partial charge on any atom is 0.115 e. The molecule has 0 aliphatic heterocycles. The molecule has 1 saturated carbocycles. The summed E-state index contributed by atoms with van der Waals surface area (Å²) in [5.41, 5.74) is 0. The summed E-state index contributed by atoms with van der Waals surface area (Å²) in [6, 6.07) is 1.17. The molecule has 1 fully saturated rings. The predicted molar refractivity (Wildman–Crippen MR) is 69.4 cm³/mol. The van der Waals surface area contributed by atoms with Crippen LogP contribution in [0.5, 0.6) is 0 Å². The predicted octanol–water partition coefficient (Wildman–Crippen LogP) is 2.95. The van der Waals surface area contributed by atoms with Gasteiger partial charge >= 0.3 is 0 Å². The SMILES string of the molecule is CCCC(CC)[N+](C)(C)C1CCCCC1O. The Hall–Kier alpha value is -0.0800. The van der Waals surface area contributed by atoms with Gasteiger partial charge in [-0.15, -0.1) is 0 Å². The number of likely N-dealkylation sites (N-methyl/N-ethyl adjacent to an activating group) is 1. The average molecular weight is 228 g/mol. The molecule has 1 rings (SSSR count). The lowest BCUT2D eigenvalue weighted by atomic mass is 9.88. The van der Waals surface area contributed by atoms with Crippen molar-refractivity contribution in [2.45, 2.75) is 77.0 Å². The number of quaternary nitrogens is 1. The van der Waals surface area contributed by atoms with Crippen molar-refractivity contribution in [3.63, 3.8) is 0 Å². The second-order valence-corrected chi connectivity index (χ2v) is 5.90. The molecule has 0 aromatic rings. The summed E-state index contributed by atoms with van der Waals surface area (Å²) in [5.74, 6) is 0. The second-order valence-electron chi connectivity index (χ2n) is 5.90. The minimum absolute atomic E-state index is 0.0744. The Bertz CT molecular complexity index is 203. The Morgan fingerprint density at radius 1 is 1.19 bits per heavy atom. The van der Waals surface area contributed by atoms with Crippen LogP contribution in [0.2, 0.25) is 0 Å². The fourth-order valence-electron chi connectivity index (χ4n) is 3.48. The van der Waals surface area contributed by atoms with Gasteiger partial charge in [-0.1, -0.05) is 26.7 Å². The molecule has 0 amide bonds. The Morgan fingerprint density at radius 3 is 2.31 bits per heavy atom. The first-order valence-electron chi connectivity index (χ1n) is 7.05. The molecule has 1 aliphatic carbocycles.